The first-order valence-electron chi connectivity index (χ1n) is 9.86. The molecule has 4 atom stereocenters. The summed E-state index contributed by atoms with van der Waals surface area (Å²) in [6.45, 7) is -1.18. The fourth-order valence-corrected chi connectivity index (χ4v) is 4.85. The molecule has 0 bridgehead atoms. The van der Waals surface area contributed by atoms with Crippen molar-refractivity contribution in [1.29, 1.82) is 0 Å². The number of nitrogens with two attached hydrogens (primary N) is 1. The summed E-state index contributed by atoms with van der Waals surface area (Å²) in [5, 5.41) is 33.0. The molecule has 0 spiro atoms. The van der Waals surface area contributed by atoms with Crippen LogP contribution < -0.4 is 20.4 Å². The van der Waals surface area contributed by atoms with Gasteiger partial charge in [-0.1, -0.05) is 18.3 Å². The summed E-state index contributed by atoms with van der Waals surface area (Å²) >= 11 is 0. The standard InChI is InChI=1S/C18H23BN3O7/c20-17(23)13-3-8(5-21-13)22-6-9(7-22)28-14-2-1-10-11-4-12(11)19(26,27)29-16(10)15(14)18(24)25/h1-2,8-9,11-13,21,26-27H,3-7H2,(H2,20,23)(H,24,25)/q-1/t8-,11?,12?,13-/m0/s1. The lowest BCUT2D eigenvalue weighted by atomic mass is 9.68. The van der Waals surface area contributed by atoms with Crippen molar-refractivity contribution in [3.05, 3.63) is 23.3 Å². The van der Waals surface area contributed by atoms with Gasteiger partial charge in [-0.15, -0.1) is 0 Å². The Kier molecular flexibility index (Phi) is 4.08. The lowest BCUT2D eigenvalue weighted by molar-refractivity contribution is -0.119. The molecule has 156 valence electrons. The number of nitrogens with zero attached hydrogens (tertiary/aromatic N) is 1. The summed E-state index contributed by atoms with van der Waals surface area (Å²) in [4.78, 5) is 25.4. The molecular formula is C18H23BN3O7-. The topological polar surface area (TPSA) is 155 Å². The van der Waals surface area contributed by atoms with E-state index >= 15 is 0 Å². The van der Waals surface area contributed by atoms with E-state index in [0.717, 1.165) is 0 Å². The van der Waals surface area contributed by atoms with Crippen molar-refractivity contribution in [3.63, 3.8) is 0 Å². The van der Waals surface area contributed by atoms with Gasteiger partial charge >= 0.3 is 12.7 Å². The van der Waals surface area contributed by atoms with Gasteiger partial charge < -0.3 is 35.6 Å². The number of carboxylic acid groups (broad SMARTS) is 1. The molecular weight excluding hydrogens is 381 g/mol. The molecule has 1 aromatic rings. The number of hydrogen-bond acceptors (Lipinski definition) is 8. The van der Waals surface area contributed by atoms with Crippen LogP contribution in [0.15, 0.2) is 12.1 Å². The van der Waals surface area contributed by atoms with E-state index in [1.165, 1.54) is 0 Å². The highest BCUT2D eigenvalue weighted by atomic mass is 16.6. The largest absolute Gasteiger partial charge is 0.669 e. The van der Waals surface area contributed by atoms with Gasteiger partial charge in [0.25, 0.3) is 0 Å². The van der Waals surface area contributed by atoms with Gasteiger partial charge in [0.2, 0.25) is 5.91 Å². The molecule has 0 radical (unpaired) electrons. The molecule has 11 heteroatoms. The molecule has 3 heterocycles. The maximum Gasteiger partial charge on any atom is 0.434 e. The van der Waals surface area contributed by atoms with Crippen LogP contribution in [0.3, 0.4) is 0 Å². The third-order valence-electron chi connectivity index (χ3n) is 6.59. The highest BCUT2D eigenvalue weighted by Gasteiger charge is 2.55. The van der Waals surface area contributed by atoms with Gasteiger partial charge in [0.05, 0.1) is 11.8 Å². The fraction of sp³-hybridized carbons (Fsp3) is 0.556. The number of benzene rings is 1. The van der Waals surface area contributed by atoms with E-state index in [4.69, 9.17) is 15.1 Å². The van der Waals surface area contributed by atoms with Gasteiger partial charge in [-0.2, -0.15) is 0 Å². The number of carboxylic acids is 1. The number of carbonyl (C=O) groups excluding carboxylic acids is 1. The Balaban J connectivity index is 1.30. The van der Waals surface area contributed by atoms with Crippen LogP contribution in [0.25, 0.3) is 0 Å². The number of amides is 1. The molecule has 5 rings (SSSR count). The number of hydrogen-bond donors (Lipinski definition) is 5. The second-order valence-electron chi connectivity index (χ2n) is 8.49. The lowest BCUT2D eigenvalue weighted by Gasteiger charge is -2.43. The Hall–Kier alpha value is -2.34. The Bertz CT molecular complexity index is 888. The summed E-state index contributed by atoms with van der Waals surface area (Å²) in [6, 6.07) is 3.25. The van der Waals surface area contributed by atoms with E-state index in [1.54, 1.807) is 12.1 Å². The first-order chi connectivity index (χ1) is 13.7. The lowest BCUT2D eigenvalue weighted by Crippen LogP contribution is -2.58. The minimum absolute atomic E-state index is 0.000720. The Morgan fingerprint density at radius 2 is 2.03 bits per heavy atom. The van der Waals surface area contributed by atoms with E-state index in [1.807, 2.05) is 0 Å². The van der Waals surface area contributed by atoms with Crippen molar-refractivity contribution in [2.75, 3.05) is 19.6 Å². The number of rotatable bonds is 5. The summed E-state index contributed by atoms with van der Waals surface area (Å²) in [5.41, 5.74) is 5.85. The molecule has 29 heavy (non-hydrogen) atoms. The maximum absolute atomic E-state index is 11.9. The van der Waals surface area contributed by atoms with Crippen LogP contribution in [0.4, 0.5) is 0 Å². The predicted octanol–water partition coefficient (Wildman–Crippen LogP) is -1.16. The van der Waals surface area contributed by atoms with Gasteiger partial charge in [0.15, 0.2) is 0 Å². The predicted molar refractivity (Wildman–Crippen MR) is 101 cm³/mol. The molecule has 0 aromatic heterocycles. The van der Waals surface area contributed by atoms with E-state index < -0.39 is 12.7 Å². The van der Waals surface area contributed by atoms with Crippen molar-refractivity contribution in [2.24, 2.45) is 5.73 Å². The molecule has 1 aromatic carbocycles. The minimum Gasteiger partial charge on any atom is -0.669 e. The van der Waals surface area contributed by atoms with E-state index in [-0.39, 0.29) is 52.9 Å². The molecule has 3 fully saturated rings. The summed E-state index contributed by atoms with van der Waals surface area (Å²) in [6.07, 6.45) is 1.02. The molecule has 1 saturated carbocycles. The van der Waals surface area contributed by atoms with E-state index in [9.17, 15) is 24.7 Å². The van der Waals surface area contributed by atoms with Crippen molar-refractivity contribution < 1.29 is 34.1 Å². The molecule has 10 nitrogen and oxygen atoms in total. The van der Waals surface area contributed by atoms with Crippen LogP contribution in [0.5, 0.6) is 11.5 Å². The van der Waals surface area contributed by atoms with Crippen molar-refractivity contribution in [3.8, 4) is 11.5 Å². The van der Waals surface area contributed by atoms with Gasteiger partial charge in [-0.25, -0.2) is 4.79 Å². The van der Waals surface area contributed by atoms with Gasteiger partial charge in [-0.3, -0.25) is 9.69 Å². The third kappa shape index (κ3) is 3.05. The molecule has 2 unspecified atom stereocenters. The molecule has 2 saturated heterocycles. The van der Waals surface area contributed by atoms with Crippen molar-refractivity contribution >= 4 is 18.6 Å². The Morgan fingerprint density at radius 3 is 2.69 bits per heavy atom. The Labute approximate surface area is 166 Å². The zero-order valence-electron chi connectivity index (χ0n) is 15.7. The van der Waals surface area contributed by atoms with E-state index in [0.29, 0.717) is 38.0 Å². The molecule has 1 aliphatic carbocycles. The van der Waals surface area contributed by atoms with Crippen LogP contribution in [0, 0.1) is 0 Å². The fourth-order valence-electron chi connectivity index (χ4n) is 4.85. The summed E-state index contributed by atoms with van der Waals surface area (Å²) in [7, 11) is 0. The number of primary amides is 1. The van der Waals surface area contributed by atoms with Crippen LogP contribution in [-0.4, -0.2) is 76.5 Å². The summed E-state index contributed by atoms with van der Waals surface area (Å²) < 4.78 is 11.2. The van der Waals surface area contributed by atoms with Gasteiger partial charge in [0, 0.05) is 25.7 Å². The third-order valence-corrected chi connectivity index (χ3v) is 6.59. The Morgan fingerprint density at radius 1 is 1.28 bits per heavy atom. The highest BCUT2D eigenvalue weighted by Crippen LogP contribution is 2.63. The number of likely N-dealkylation sites (tertiary alicyclic amines) is 1. The number of aromatic carboxylic acids is 1. The molecule has 3 aliphatic heterocycles. The normalized spacial score (nSPS) is 32.5. The highest BCUT2D eigenvalue weighted by molar-refractivity contribution is 6.62. The average molecular weight is 404 g/mol. The van der Waals surface area contributed by atoms with Crippen molar-refractivity contribution in [2.45, 2.75) is 42.8 Å². The zero-order chi connectivity index (χ0) is 20.5. The molecule has 4 aliphatic rings. The SMILES string of the molecule is NC(=O)[C@@H]1C[C@H](N2CC(Oc3ccc4c(c3C(=O)O)O[B-](O)(O)C3CC43)C2)CN1. The van der Waals surface area contributed by atoms with Gasteiger partial charge in [-0.05, 0) is 24.0 Å². The van der Waals surface area contributed by atoms with Crippen LogP contribution >= 0.6 is 0 Å². The maximum atomic E-state index is 11.9. The quantitative estimate of drug-likeness (QED) is 0.382. The number of nitrogens with one attached hydrogen (secondary N) is 1. The van der Waals surface area contributed by atoms with Crippen LogP contribution in [0.2, 0.25) is 5.82 Å². The van der Waals surface area contributed by atoms with Crippen LogP contribution in [-0.2, 0) is 4.79 Å². The smallest absolute Gasteiger partial charge is 0.434 e. The number of carbonyl (C=O) groups is 2. The number of fused-ring (bicyclic) bond motifs is 3. The van der Waals surface area contributed by atoms with Crippen molar-refractivity contribution in [1.82, 2.24) is 10.2 Å². The second-order valence-corrected chi connectivity index (χ2v) is 8.49. The monoisotopic (exact) mass is 404 g/mol. The molecule has 6 N–H and O–H groups in total. The zero-order valence-corrected chi connectivity index (χ0v) is 15.7. The first-order valence-corrected chi connectivity index (χ1v) is 9.86. The first kappa shape index (κ1) is 18.7. The minimum atomic E-state index is -3.06. The van der Waals surface area contributed by atoms with E-state index in [2.05, 4.69) is 10.2 Å². The summed E-state index contributed by atoms with van der Waals surface area (Å²) in [5.74, 6) is -1.90. The second kappa shape index (κ2) is 6.33. The van der Waals surface area contributed by atoms with Gasteiger partial charge in [0.1, 0.15) is 17.4 Å². The molecule has 1 amide bonds. The van der Waals surface area contributed by atoms with Crippen LogP contribution in [0.1, 0.15) is 34.7 Å². The number of ether oxygens (including phenoxy) is 1. The average Bonchev–Trinajstić information content (AvgIpc) is 3.28.